The molecule has 0 unspecified atom stereocenters. The Morgan fingerprint density at radius 2 is 2.19 bits per heavy atom. The fourth-order valence-electron chi connectivity index (χ4n) is 2.82. The molecule has 112 valence electrons. The fourth-order valence-corrected chi connectivity index (χ4v) is 3.48. The molecule has 2 bridgehead atoms. The monoisotopic (exact) mass is 354 g/mol. The first-order valence-corrected chi connectivity index (χ1v) is 7.44. The van der Waals surface area contributed by atoms with Gasteiger partial charge in [-0.1, -0.05) is 34.1 Å². The van der Waals surface area contributed by atoms with Crippen LogP contribution in [0.15, 0.2) is 24.3 Å². The van der Waals surface area contributed by atoms with Crippen molar-refractivity contribution in [2.24, 2.45) is 0 Å². The Balaban J connectivity index is 2.17. The molecule has 6 nitrogen and oxygen atoms in total. The van der Waals surface area contributed by atoms with Gasteiger partial charge in [0.25, 0.3) is 0 Å². The summed E-state index contributed by atoms with van der Waals surface area (Å²) >= 11 is 3.48. The lowest BCUT2D eigenvalue weighted by Crippen LogP contribution is -2.77. The van der Waals surface area contributed by atoms with Gasteiger partial charge in [-0.15, -0.1) is 0 Å². The van der Waals surface area contributed by atoms with Gasteiger partial charge in [0, 0.05) is 5.56 Å². The highest BCUT2D eigenvalue weighted by Crippen LogP contribution is 2.52. The van der Waals surface area contributed by atoms with Crippen molar-refractivity contribution in [3.05, 3.63) is 29.8 Å². The molecule has 7 heteroatoms. The number of halogens is 1. The predicted molar refractivity (Wildman–Crippen MR) is 78.2 cm³/mol. The smallest absolute Gasteiger partial charge is 0.331 e. The lowest BCUT2D eigenvalue weighted by molar-refractivity contribution is -0.157. The third kappa shape index (κ3) is 1.83. The highest BCUT2D eigenvalue weighted by molar-refractivity contribution is 9.10. The average molecular weight is 355 g/mol. The standard InChI is InChI=1S/C14H15BrN2O4/c1-3-20-11(18)14(15)10-8-6-4-5-7-9(8)21-13(14,2)17-12(19)16-10/h4-7,10H,3H2,1-2H3,(H2,16,17,19)/t10-,13+,14+/m0/s1. The minimum absolute atomic E-state index is 0.241. The van der Waals surface area contributed by atoms with Gasteiger partial charge < -0.3 is 14.8 Å². The molecule has 3 rings (SSSR count). The number of nitrogens with one attached hydrogen (secondary N) is 2. The van der Waals surface area contributed by atoms with Crippen LogP contribution in [0.4, 0.5) is 4.79 Å². The number of rotatable bonds is 2. The first kappa shape index (κ1) is 14.2. The Morgan fingerprint density at radius 1 is 1.48 bits per heavy atom. The van der Waals surface area contributed by atoms with Crippen LogP contribution in [0.25, 0.3) is 0 Å². The number of para-hydroxylation sites is 1. The third-order valence-electron chi connectivity index (χ3n) is 3.84. The van der Waals surface area contributed by atoms with E-state index in [1.807, 2.05) is 18.2 Å². The van der Waals surface area contributed by atoms with Crippen LogP contribution < -0.4 is 15.4 Å². The summed E-state index contributed by atoms with van der Waals surface area (Å²) in [5, 5.41) is 5.46. The maximum atomic E-state index is 12.5. The van der Waals surface area contributed by atoms with Crippen molar-refractivity contribution in [3.8, 4) is 5.75 Å². The van der Waals surface area contributed by atoms with Crippen LogP contribution >= 0.6 is 15.9 Å². The SMILES string of the molecule is CCOC(=O)[C@]1(Br)[C@H]2NC(=O)N[C@]1(C)Oc1ccccc12. The summed E-state index contributed by atoms with van der Waals surface area (Å²) in [6, 6.07) is 6.32. The zero-order valence-corrected chi connectivity index (χ0v) is 13.2. The van der Waals surface area contributed by atoms with Gasteiger partial charge in [-0.3, -0.25) is 10.1 Å². The van der Waals surface area contributed by atoms with E-state index >= 15 is 0 Å². The summed E-state index contributed by atoms with van der Waals surface area (Å²) in [5.41, 5.74) is -0.518. The zero-order valence-electron chi connectivity index (χ0n) is 11.6. The molecule has 1 fully saturated rings. The third-order valence-corrected chi connectivity index (χ3v) is 5.37. The number of fused-ring (bicyclic) bond motifs is 4. The van der Waals surface area contributed by atoms with E-state index in [-0.39, 0.29) is 6.61 Å². The van der Waals surface area contributed by atoms with Crippen molar-refractivity contribution in [2.45, 2.75) is 29.9 Å². The maximum Gasteiger partial charge on any atom is 0.331 e. The van der Waals surface area contributed by atoms with Crippen LogP contribution in [0.5, 0.6) is 5.75 Å². The second-order valence-electron chi connectivity index (χ2n) is 5.14. The molecule has 2 aliphatic rings. The Morgan fingerprint density at radius 3 is 2.90 bits per heavy atom. The molecule has 1 aromatic carbocycles. The van der Waals surface area contributed by atoms with Crippen LogP contribution in [0.3, 0.4) is 0 Å². The summed E-state index contributed by atoms with van der Waals surface area (Å²) in [6.07, 6.45) is 0. The molecule has 1 saturated heterocycles. The summed E-state index contributed by atoms with van der Waals surface area (Å²) in [7, 11) is 0. The van der Waals surface area contributed by atoms with Crippen LogP contribution in [-0.2, 0) is 9.53 Å². The largest absolute Gasteiger partial charge is 0.466 e. The lowest BCUT2D eigenvalue weighted by Gasteiger charge is -2.53. The molecule has 0 radical (unpaired) electrons. The van der Waals surface area contributed by atoms with Gasteiger partial charge in [0.05, 0.1) is 12.6 Å². The summed E-state index contributed by atoms with van der Waals surface area (Å²) < 4.78 is 9.85. The molecule has 0 spiro atoms. The molecule has 0 saturated carbocycles. The zero-order chi connectivity index (χ0) is 15.3. The second-order valence-corrected chi connectivity index (χ2v) is 6.39. The summed E-state index contributed by atoms with van der Waals surface area (Å²) in [4.78, 5) is 24.4. The van der Waals surface area contributed by atoms with Crippen LogP contribution in [0.1, 0.15) is 25.5 Å². The minimum atomic E-state index is -1.25. The molecule has 3 atom stereocenters. The van der Waals surface area contributed by atoms with Gasteiger partial charge in [0.15, 0.2) is 0 Å². The Kier molecular flexibility index (Phi) is 3.12. The van der Waals surface area contributed by atoms with E-state index in [0.717, 1.165) is 5.56 Å². The normalized spacial score (nSPS) is 33.1. The first-order chi connectivity index (χ1) is 9.92. The van der Waals surface area contributed by atoms with E-state index in [9.17, 15) is 9.59 Å². The van der Waals surface area contributed by atoms with E-state index in [4.69, 9.17) is 9.47 Å². The van der Waals surface area contributed by atoms with E-state index < -0.39 is 28.1 Å². The van der Waals surface area contributed by atoms with Gasteiger partial charge in [0.2, 0.25) is 10.0 Å². The van der Waals surface area contributed by atoms with Gasteiger partial charge in [-0.2, -0.15) is 0 Å². The number of alkyl halides is 1. The molecule has 2 amide bonds. The van der Waals surface area contributed by atoms with Gasteiger partial charge in [-0.25, -0.2) is 4.79 Å². The van der Waals surface area contributed by atoms with Crippen molar-refractivity contribution in [1.82, 2.24) is 10.6 Å². The van der Waals surface area contributed by atoms with Crippen molar-refractivity contribution < 1.29 is 19.1 Å². The molecular weight excluding hydrogens is 340 g/mol. The highest BCUT2D eigenvalue weighted by Gasteiger charge is 2.67. The van der Waals surface area contributed by atoms with Crippen molar-refractivity contribution in [1.29, 1.82) is 0 Å². The molecule has 0 aromatic heterocycles. The second kappa shape index (κ2) is 4.62. The van der Waals surface area contributed by atoms with Crippen molar-refractivity contribution in [3.63, 3.8) is 0 Å². The molecule has 0 aliphatic carbocycles. The topological polar surface area (TPSA) is 76.7 Å². The fraction of sp³-hybridized carbons (Fsp3) is 0.429. The Bertz CT molecular complexity index is 623. The molecule has 1 aromatic rings. The number of amides is 2. The molecule has 21 heavy (non-hydrogen) atoms. The number of carbonyl (C=O) groups is 2. The number of hydrogen-bond donors (Lipinski definition) is 2. The Labute approximate surface area is 130 Å². The van der Waals surface area contributed by atoms with Crippen molar-refractivity contribution >= 4 is 27.9 Å². The van der Waals surface area contributed by atoms with E-state index in [2.05, 4.69) is 26.6 Å². The number of esters is 1. The van der Waals surface area contributed by atoms with E-state index in [1.165, 1.54) is 0 Å². The van der Waals surface area contributed by atoms with Gasteiger partial charge in [-0.05, 0) is 19.9 Å². The number of hydrogen-bond acceptors (Lipinski definition) is 4. The summed E-state index contributed by atoms with van der Waals surface area (Å²) in [5.74, 6) is 0.136. The quantitative estimate of drug-likeness (QED) is 0.627. The van der Waals surface area contributed by atoms with Gasteiger partial charge in [0.1, 0.15) is 5.75 Å². The van der Waals surface area contributed by atoms with Crippen LogP contribution in [0, 0.1) is 0 Å². The molecule has 2 aliphatic heterocycles. The lowest BCUT2D eigenvalue weighted by atomic mass is 9.80. The van der Waals surface area contributed by atoms with Crippen LogP contribution in [0.2, 0.25) is 0 Å². The van der Waals surface area contributed by atoms with E-state index in [1.54, 1.807) is 19.9 Å². The highest BCUT2D eigenvalue weighted by atomic mass is 79.9. The number of carbonyl (C=O) groups excluding carboxylic acids is 2. The molecular formula is C14H15BrN2O4. The van der Waals surface area contributed by atoms with Crippen molar-refractivity contribution in [2.75, 3.05) is 6.61 Å². The number of benzene rings is 1. The minimum Gasteiger partial charge on any atom is -0.466 e. The Hall–Kier alpha value is -1.76. The summed E-state index contributed by atoms with van der Waals surface area (Å²) in [6.45, 7) is 3.63. The molecule has 2 heterocycles. The van der Waals surface area contributed by atoms with Gasteiger partial charge >= 0.3 is 12.0 Å². The van der Waals surface area contributed by atoms with Crippen LogP contribution in [-0.4, -0.2) is 28.7 Å². The predicted octanol–water partition coefficient (Wildman–Crippen LogP) is 1.85. The average Bonchev–Trinajstić information content (AvgIpc) is 2.42. The molecule has 2 N–H and O–H groups in total. The maximum absolute atomic E-state index is 12.5. The van der Waals surface area contributed by atoms with E-state index in [0.29, 0.717) is 5.75 Å². The first-order valence-electron chi connectivity index (χ1n) is 6.65. The number of ether oxygens (including phenoxy) is 2. The number of urea groups is 1.